The van der Waals surface area contributed by atoms with E-state index >= 15 is 0 Å². The zero-order valence-electron chi connectivity index (χ0n) is 11.2. The molecule has 1 rings (SSSR count). The highest BCUT2D eigenvalue weighted by molar-refractivity contribution is 7.89. The smallest absolute Gasteiger partial charge is 0.244 e. The van der Waals surface area contributed by atoms with E-state index in [0.717, 1.165) is 5.56 Å². The van der Waals surface area contributed by atoms with Gasteiger partial charge in [-0.05, 0) is 24.6 Å². The summed E-state index contributed by atoms with van der Waals surface area (Å²) in [5.74, 6) is 0.320. The monoisotopic (exact) mass is 288 g/mol. The number of hydrogen-bond donors (Lipinski definition) is 2. The van der Waals surface area contributed by atoms with Crippen LogP contribution in [0.2, 0.25) is 0 Å². The summed E-state index contributed by atoms with van der Waals surface area (Å²) < 4.78 is 36.9. The van der Waals surface area contributed by atoms with Crippen molar-refractivity contribution in [3.05, 3.63) is 23.8 Å². The molecule has 0 heterocycles. The molecule has 7 heteroatoms. The zero-order valence-corrected chi connectivity index (χ0v) is 12.0. The van der Waals surface area contributed by atoms with Crippen LogP contribution in [-0.2, 0) is 14.8 Å². The lowest BCUT2D eigenvalue weighted by Gasteiger charge is -2.11. The number of methoxy groups -OCH3 is 1. The van der Waals surface area contributed by atoms with E-state index in [9.17, 15) is 8.42 Å². The summed E-state index contributed by atoms with van der Waals surface area (Å²) in [6, 6.07) is 5.00. The van der Waals surface area contributed by atoms with Gasteiger partial charge in [0.15, 0.2) is 0 Å². The third-order valence-corrected chi connectivity index (χ3v) is 3.89. The number of nitrogens with two attached hydrogens (primary N) is 1. The molecular weight excluding hydrogens is 268 g/mol. The molecule has 0 aliphatic rings. The Bertz CT molecular complexity index is 502. The van der Waals surface area contributed by atoms with Crippen LogP contribution in [0.5, 0.6) is 5.75 Å². The first-order valence-electron chi connectivity index (χ1n) is 5.93. The third kappa shape index (κ3) is 4.79. The van der Waals surface area contributed by atoms with Crippen molar-refractivity contribution in [1.82, 2.24) is 4.72 Å². The van der Waals surface area contributed by atoms with Crippen molar-refractivity contribution in [3.63, 3.8) is 0 Å². The van der Waals surface area contributed by atoms with Crippen molar-refractivity contribution in [2.45, 2.75) is 11.8 Å². The van der Waals surface area contributed by atoms with Crippen LogP contribution in [0.25, 0.3) is 0 Å². The number of benzene rings is 1. The van der Waals surface area contributed by atoms with Crippen LogP contribution < -0.4 is 15.2 Å². The van der Waals surface area contributed by atoms with E-state index in [1.165, 1.54) is 7.11 Å². The largest absolute Gasteiger partial charge is 0.495 e. The molecule has 0 aliphatic carbocycles. The molecule has 1 aromatic carbocycles. The Morgan fingerprint density at radius 2 is 2.05 bits per heavy atom. The quantitative estimate of drug-likeness (QED) is 0.670. The Kier molecular flexibility index (Phi) is 6.23. The molecule has 6 nitrogen and oxygen atoms in total. The van der Waals surface area contributed by atoms with Crippen molar-refractivity contribution >= 4 is 10.0 Å². The average Bonchev–Trinajstić information content (AvgIpc) is 2.38. The fourth-order valence-corrected chi connectivity index (χ4v) is 2.77. The maximum Gasteiger partial charge on any atom is 0.244 e. The van der Waals surface area contributed by atoms with Crippen LogP contribution >= 0.6 is 0 Å². The first kappa shape index (κ1) is 15.9. The van der Waals surface area contributed by atoms with Gasteiger partial charge >= 0.3 is 0 Å². The molecule has 1 aromatic rings. The van der Waals surface area contributed by atoms with Crippen molar-refractivity contribution in [2.75, 3.05) is 33.4 Å². The van der Waals surface area contributed by atoms with Gasteiger partial charge in [-0.25, -0.2) is 13.1 Å². The highest BCUT2D eigenvalue weighted by Gasteiger charge is 2.18. The minimum absolute atomic E-state index is 0.133. The van der Waals surface area contributed by atoms with Crippen LogP contribution in [-0.4, -0.2) is 41.8 Å². The van der Waals surface area contributed by atoms with E-state index in [1.54, 1.807) is 18.2 Å². The molecule has 19 heavy (non-hydrogen) atoms. The Morgan fingerprint density at radius 1 is 1.32 bits per heavy atom. The van der Waals surface area contributed by atoms with Crippen molar-refractivity contribution in [2.24, 2.45) is 5.73 Å². The Hall–Kier alpha value is -1.15. The molecule has 0 aliphatic heterocycles. The predicted octanol–water partition coefficient (Wildman–Crippen LogP) is 0.257. The molecule has 0 unspecified atom stereocenters. The number of hydrogen-bond acceptors (Lipinski definition) is 5. The summed E-state index contributed by atoms with van der Waals surface area (Å²) in [5.41, 5.74) is 6.11. The highest BCUT2D eigenvalue weighted by Crippen LogP contribution is 2.24. The SMILES string of the molecule is COc1ccc(C)cc1S(=O)(=O)NCCOCCN. The standard InChI is InChI=1S/C12H20N2O4S/c1-10-3-4-11(17-2)12(9-10)19(15,16)14-6-8-18-7-5-13/h3-4,9,14H,5-8,13H2,1-2H3. The first-order valence-corrected chi connectivity index (χ1v) is 7.41. The summed E-state index contributed by atoms with van der Waals surface area (Å²) in [6.45, 7) is 3.13. The number of ether oxygens (including phenoxy) is 2. The summed E-state index contributed by atoms with van der Waals surface area (Å²) in [7, 11) is -2.16. The molecule has 3 N–H and O–H groups in total. The summed E-state index contributed by atoms with van der Waals surface area (Å²) in [6.07, 6.45) is 0. The molecule has 0 amide bonds. The second-order valence-corrected chi connectivity index (χ2v) is 5.69. The van der Waals surface area contributed by atoms with E-state index in [1.807, 2.05) is 6.92 Å². The topological polar surface area (TPSA) is 90.7 Å². The molecule has 0 radical (unpaired) electrons. The van der Waals surface area contributed by atoms with Gasteiger partial charge in [0.2, 0.25) is 10.0 Å². The van der Waals surface area contributed by atoms with E-state index < -0.39 is 10.0 Å². The Labute approximate surface area is 113 Å². The van der Waals surface area contributed by atoms with Crippen LogP contribution in [0, 0.1) is 6.92 Å². The minimum Gasteiger partial charge on any atom is -0.495 e. The van der Waals surface area contributed by atoms with E-state index in [-0.39, 0.29) is 18.0 Å². The Balaban J connectivity index is 2.74. The molecule has 0 atom stereocenters. The van der Waals surface area contributed by atoms with Gasteiger partial charge in [-0.15, -0.1) is 0 Å². The lowest BCUT2D eigenvalue weighted by molar-refractivity contribution is 0.147. The maximum absolute atomic E-state index is 12.1. The molecule has 0 fully saturated rings. The Morgan fingerprint density at radius 3 is 2.68 bits per heavy atom. The van der Waals surface area contributed by atoms with E-state index in [4.69, 9.17) is 15.2 Å². The normalized spacial score (nSPS) is 11.5. The van der Waals surface area contributed by atoms with Crippen molar-refractivity contribution in [3.8, 4) is 5.75 Å². The highest BCUT2D eigenvalue weighted by atomic mass is 32.2. The number of sulfonamides is 1. The fourth-order valence-electron chi connectivity index (χ4n) is 1.51. The lowest BCUT2D eigenvalue weighted by Crippen LogP contribution is -2.28. The maximum atomic E-state index is 12.1. The van der Waals surface area contributed by atoms with E-state index in [0.29, 0.717) is 18.9 Å². The van der Waals surface area contributed by atoms with Gasteiger partial charge in [0.25, 0.3) is 0 Å². The molecule has 0 saturated heterocycles. The summed E-state index contributed by atoms with van der Waals surface area (Å²) >= 11 is 0. The number of aryl methyl sites for hydroxylation is 1. The molecular formula is C12H20N2O4S. The molecule has 0 bridgehead atoms. The minimum atomic E-state index is -3.60. The molecule has 0 aromatic heterocycles. The lowest BCUT2D eigenvalue weighted by atomic mass is 10.2. The van der Waals surface area contributed by atoms with Crippen LogP contribution in [0.15, 0.2) is 23.1 Å². The van der Waals surface area contributed by atoms with Crippen molar-refractivity contribution in [1.29, 1.82) is 0 Å². The van der Waals surface area contributed by atoms with Gasteiger partial charge < -0.3 is 15.2 Å². The van der Waals surface area contributed by atoms with Gasteiger partial charge in [-0.2, -0.15) is 0 Å². The van der Waals surface area contributed by atoms with Crippen molar-refractivity contribution < 1.29 is 17.9 Å². The van der Waals surface area contributed by atoms with Gasteiger partial charge in [0, 0.05) is 13.1 Å². The van der Waals surface area contributed by atoms with E-state index in [2.05, 4.69) is 4.72 Å². The third-order valence-electron chi connectivity index (χ3n) is 2.41. The number of nitrogens with one attached hydrogen (secondary N) is 1. The van der Waals surface area contributed by atoms with Crippen LogP contribution in [0.3, 0.4) is 0 Å². The molecule has 0 spiro atoms. The molecule has 0 saturated carbocycles. The summed E-state index contributed by atoms with van der Waals surface area (Å²) in [4.78, 5) is 0.133. The molecule has 108 valence electrons. The summed E-state index contributed by atoms with van der Waals surface area (Å²) in [5, 5.41) is 0. The first-order chi connectivity index (χ1) is 9.01. The van der Waals surface area contributed by atoms with Gasteiger partial charge in [0.05, 0.1) is 20.3 Å². The second kappa shape index (κ2) is 7.44. The van der Waals surface area contributed by atoms with Gasteiger partial charge in [0.1, 0.15) is 10.6 Å². The number of rotatable bonds is 8. The fraction of sp³-hybridized carbons (Fsp3) is 0.500. The van der Waals surface area contributed by atoms with Crippen LogP contribution in [0.1, 0.15) is 5.56 Å². The van der Waals surface area contributed by atoms with Gasteiger partial charge in [-0.3, -0.25) is 0 Å². The predicted molar refractivity (Wildman–Crippen MR) is 72.8 cm³/mol. The van der Waals surface area contributed by atoms with Crippen LogP contribution in [0.4, 0.5) is 0 Å². The zero-order chi connectivity index (χ0) is 14.3. The van der Waals surface area contributed by atoms with Gasteiger partial charge in [-0.1, -0.05) is 6.07 Å². The second-order valence-electron chi connectivity index (χ2n) is 3.95. The average molecular weight is 288 g/mol.